The van der Waals surface area contributed by atoms with Gasteiger partial charge in [0, 0.05) is 6.42 Å². The van der Waals surface area contributed by atoms with E-state index >= 15 is 0 Å². The number of benzene rings is 1. The molecule has 4 heteroatoms. The third-order valence-electron chi connectivity index (χ3n) is 2.07. The Kier molecular flexibility index (Phi) is 2.18. The maximum absolute atomic E-state index is 11.1. The number of halogens is 2. The molecule has 0 spiro atoms. The van der Waals surface area contributed by atoms with Crippen LogP contribution in [-0.2, 0) is 11.2 Å². The quantitative estimate of drug-likeness (QED) is 0.709. The van der Waals surface area contributed by atoms with E-state index in [9.17, 15) is 4.79 Å². The van der Waals surface area contributed by atoms with E-state index < -0.39 is 0 Å². The number of hydrogen-bond acceptors (Lipinski definition) is 1. The van der Waals surface area contributed by atoms with Crippen LogP contribution in [0.25, 0.3) is 0 Å². The summed E-state index contributed by atoms with van der Waals surface area (Å²) < 4.78 is 0. The minimum atomic E-state index is -0.00309. The molecular formula is C9H7Cl2NO. The van der Waals surface area contributed by atoms with E-state index in [0.717, 1.165) is 12.0 Å². The van der Waals surface area contributed by atoms with Crippen molar-refractivity contribution in [1.29, 1.82) is 0 Å². The van der Waals surface area contributed by atoms with Gasteiger partial charge in [-0.25, -0.2) is 0 Å². The maximum atomic E-state index is 11.1. The first kappa shape index (κ1) is 8.85. The molecule has 0 saturated heterocycles. The highest BCUT2D eigenvalue weighted by molar-refractivity contribution is 6.44. The van der Waals surface area contributed by atoms with Crippen molar-refractivity contribution in [2.45, 2.75) is 12.8 Å². The van der Waals surface area contributed by atoms with Gasteiger partial charge in [-0.15, -0.1) is 0 Å². The molecule has 0 bridgehead atoms. The van der Waals surface area contributed by atoms with Gasteiger partial charge in [-0.2, -0.15) is 0 Å². The van der Waals surface area contributed by atoms with E-state index in [2.05, 4.69) is 5.32 Å². The molecule has 2 nitrogen and oxygen atoms in total. The Morgan fingerprint density at radius 3 is 2.77 bits per heavy atom. The van der Waals surface area contributed by atoms with Crippen LogP contribution in [0.2, 0.25) is 10.0 Å². The molecule has 2 rings (SSSR count). The molecule has 68 valence electrons. The minimum Gasteiger partial charge on any atom is -0.324 e. The van der Waals surface area contributed by atoms with E-state index in [-0.39, 0.29) is 5.91 Å². The van der Waals surface area contributed by atoms with Gasteiger partial charge in [-0.05, 0) is 18.1 Å². The molecule has 1 aliphatic rings. The van der Waals surface area contributed by atoms with Crippen molar-refractivity contribution in [1.82, 2.24) is 0 Å². The van der Waals surface area contributed by atoms with Crippen molar-refractivity contribution in [3.63, 3.8) is 0 Å². The second kappa shape index (κ2) is 3.20. The SMILES string of the molecule is O=C1CCc2ccc(Cl)c(Cl)c2N1. The molecule has 0 radical (unpaired) electrons. The van der Waals surface area contributed by atoms with E-state index in [1.807, 2.05) is 6.07 Å². The van der Waals surface area contributed by atoms with Gasteiger partial charge in [0.1, 0.15) is 0 Å². The molecule has 1 amide bonds. The number of carbonyl (C=O) groups is 1. The lowest BCUT2D eigenvalue weighted by molar-refractivity contribution is -0.116. The second-order valence-electron chi connectivity index (χ2n) is 2.94. The molecule has 0 saturated carbocycles. The van der Waals surface area contributed by atoms with Gasteiger partial charge in [0.15, 0.2) is 0 Å². The van der Waals surface area contributed by atoms with Gasteiger partial charge in [0.25, 0.3) is 0 Å². The number of carbonyl (C=O) groups excluding carboxylic acids is 1. The summed E-state index contributed by atoms with van der Waals surface area (Å²) in [5, 5.41) is 3.63. The zero-order chi connectivity index (χ0) is 9.42. The van der Waals surface area contributed by atoms with Crippen molar-refractivity contribution in [2.75, 3.05) is 5.32 Å². The number of nitrogens with one attached hydrogen (secondary N) is 1. The molecule has 1 N–H and O–H groups in total. The van der Waals surface area contributed by atoms with Crippen LogP contribution in [0.1, 0.15) is 12.0 Å². The van der Waals surface area contributed by atoms with E-state index in [4.69, 9.17) is 23.2 Å². The van der Waals surface area contributed by atoms with E-state index in [1.165, 1.54) is 0 Å². The largest absolute Gasteiger partial charge is 0.324 e. The van der Waals surface area contributed by atoms with Gasteiger partial charge in [0.05, 0.1) is 15.7 Å². The Bertz CT molecular complexity index is 376. The van der Waals surface area contributed by atoms with Gasteiger partial charge >= 0.3 is 0 Å². The van der Waals surface area contributed by atoms with Crippen LogP contribution in [0.5, 0.6) is 0 Å². The summed E-state index contributed by atoms with van der Waals surface area (Å²) in [6, 6.07) is 3.64. The van der Waals surface area contributed by atoms with E-state index in [1.54, 1.807) is 6.07 Å². The zero-order valence-corrected chi connectivity index (χ0v) is 8.24. The summed E-state index contributed by atoms with van der Waals surface area (Å²) in [6.07, 6.45) is 1.25. The average molecular weight is 216 g/mol. The second-order valence-corrected chi connectivity index (χ2v) is 3.73. The van der Waals surface area contributed by atoms with Crippen LogP contribution in [-0.4, -0.2) is 5.91 Å². The average Bonchev–Trinajstić information content (AvgIpc) is 2.12. The predicted octanol–water partition coefficient (Wildman–Crippen LogP) is 2.88. The lowest BCUT2D eigenvalue weighted by Gasteiger charge is -2.18. The monoisotopic (exact) mass is 215 g/mol. The summed E-state index contributed by atoms with van der Waals surface area (Å²) in [7, 11) is 0. The number of anilines is 1. The molecule has 13 heavy (non-hydrogen) atoms. The predicted molar refractivity (Wildman–Crippen MR) is 53.4 cm³/mol. The van der Waals surface area contributed by atoms with Crippen molar-refractivity contribution < 1.29 is 4.79 Å². The smallest absolute Gasteiger partial charge is 0.224 e. The minimum absolute atomic E-state index is 0.00309. The van der Waals surface area contributed by atoms with Crippen molar-refractivity contribution in [3.8, 4) is 0 Å². The number of fused-ring (bicyclic) bond motifs is 1. The van der Waals surface area contributed by atoms with Crippen LogP contribution < -0.4 is 5.32 Å². The van der Waals surface area contributed by atoms with Gasteiger partial charge < -0.3 is 5.32 Å². The fraction of sp³-hybridized carbons (Fsp3) is 0.222. The first-order valence-electron chi connectivity index (χ1n) is 3.95. The summed E-state index contributed by atoms with van der Waals surface area (Å²) >= 11 is 11.7. The number of amides is 1. The molecular weight excluding hydrogens is 209 g/mol. The molecule has 1 aliphatic heterocycles. The van der Waals surface area contributed by atoms with Gasteiger partial charge in [0.2, 0.25) is 5.91 Å². The summed E-state index contributed by atoms with van der Waals surface area (Å²) in [5.74, 6) is -0.00309. The number of rotatable bonds is 0. The van der Waals surface area contributed by atoms with Crippen molar-refractivity contribution in [2.24, 2.45) is 0 Å². The van der Waals surface area contributed by atoms with Crippen LogP contribution in [0.3, 0.4) is 0 Å². The fourth-order valence-corrected chi connectivity index (χ4v) is 1.77. The number of hydrogen-bond donors (Lipinski definition) is 1. The first-order chi connectivity index (χ1) is 6.18. The lowest BCUT2D eigenvalue weighted by Crippen LogP contribution is -2.19. The standard InChI is InChI=1S/C9H7Cl2NO/c10-6-3-1-5-2-4-7(13)12-9(5)8(6)11/h1,3H,2,4H2,(H,12,13). The number of aryl methyl sites for hydroxylation is 1. The van der Waals surface area contributed by atoms with Crippen LogP contribution in [0.15, 0.2) is 12.1 Å². The van der Waals surface area contributed by atoms with Gasteiger partial charge in [-0.3, -0.25) is 4.79 Å². The third kappa shape index (κ3) is 1.52. The third-order valence-corrected chi connectivity index (χ3v) is 2.87. The highest BCUT2D eigenvalue weighted by atomic mass is 35.5. The highest BCUT2D eigenvalue weighted by Crippen LogP contribution is 2.35. The Morgan fingerprint density at radius 2 is 2.00 bits per heavy atom. The molecule has 0 atom stereocenters. The Balaban J connectivity index is 2.54. The first-order valence-corrected chi connectivity index (χ1v) is 4.71. The Morgan fingerprint density at radius 1 is 1.23 bits per heavy atom. The lowest BCUT2D eigenvalue weighted by atomic mass is 10.0. The topological polar surface area (TPSA) is 29.1 Å². The molecule has 1 aromatic rings. The maximum Gasteiger partial charge on any atom is 0.224 e. The summed E-state index contributed by atoms with van der Waals surface area (Å²) in [5.41, 5.74) is 1.72. The van der Waals surface area contributed by atoms with Crippen molar-refractivity contribution >= 4 is 34.8 Å². The normalized spacial score (nSPS) is 15.1. The molecule has 0 unspecified atom stereocenters. The molecule has 0 aliphatic carbocycles. The summed E-state index contributed by atoms with van der Waals surface area (Å²) in [4.78, 5) is 11.1. The van der Waals surface area contributed by atoms with Crippen molar-refractivity contribution in [3.05, 3.63) is 27.7 Å². The van der Waals surface area contributed by atoms with Gasteiger partial charge in [-0.1, -0.05) is 29.3 Å². The molecule has 1 aromatic carbocycles. The zero-order valence-electron chi connectivity index (χ0n) is 6.73. The van der Waals surface area contributed by atoms with Crippen LogP contribution in [0, 0.1) is 0 Å². The fourth-order valence-electron chi connectivity index (χ4n) is 1.38. The molecule has 0 aromatic heterocycles. The molecule has 0 fully saturated rings. The highest BCUT2D eigenvalue weighted by Gasteiger charge is 2.18. The Hall–Kier alpha value is -0.730. The van der Waals surface area contributed by atoms with E-state index in [0.29, 0.717) is 22.2 Å². The summed E-state index contributed by atoms with van der Waals surface area (Å²) in [6.45, 7) is 0. The Labute approximate surface area is 85.8 Å². The van der Waals surface area contributed by atoms with Crippen LogP contribution in [0.4, 0.5) is 5.69 Å². The molecule has 1 heterocycles. The van der Waals surface area contributed by atoms with Crippen LogP contribution >= 0.6 is 23.2 Å².